The average molecular weight is 316 g/mol. The predicted octanol–water partition coefficient (Wildman–Crippen LogP) is 2.42. The van der Waals surface area contributed by atoms with Crippen LogP contribution in [0.25, 0.3) is 0 Å². The molecule has 84 valence electrons. The van der Waals surface area contributed by atoms with Crippen molar-refractivity contribution in [1.82, 2.24) is 4.90 Å². The Hall–Kier alpha value is -0.191. The molecular weight excluding hydrogens is 297 g/mol. The standard InChI is InChI=1S/C8H10NO2.3CH3.Sn/c10-8(11)9-4-6-2-1-3-7(6)5-9;;;;/h2,6-7H,3-5H2,(H,10,11);3*1H3;/t6-,7+;;;;/m1..../s1. The van der Waals surface area contributed by atoms with Gasteiger partial charge < -0.3 is 0 Å². The van der Waals surface area contributed by atoms with E-state index in [4.69, 9.17) is 5.11 Å². The van der Waals surface area contributed by atoms with Gasteiger partial charge in [-0.3, -0.25) is 0 Å². The SMILES string of the molecule is [CH3][Sn]([CH3])([CH3])[C]1=C[C@@H]2CN(C(=O)O)C[C@@H]2C1. The summed E-state index contributed by atoms with van der Waals surface area (Å²) in [5.74, 6) is 1.11. The van der Waals surface area contributed by atoms with Gasteiger partial charge in [0.15, 0.2) is 0 Å². The van der Waals surface area contributed by atoms with Crippen LogP contribution in [0.4, 0.5) is 4.79 Å². The number of hydrogen-bond donors (Lipinski definition) is 1. The number of hydrogen-bond acceptors (Lipinski definition) is 1. The van der Waals surface area contributed by atoms with Crippen LogP contribution in [0.2, 0.25) is 14.8 Å². The van der Waals surface area contributed by atoms with E-state index in [9.17, 15) is 4.79 Å². The molecule has 0 aromatic carbocycles. The molecule has 2 rings (SSSR count). The Balaban J connectivity index is 2.07. The molecule has 1 amide bonds. The fraction of sp³-hybridized carbons (Fsp3) is 0.727. The molecule has 3 nitrogen and oxygen atoms in total. The van der Waals surface area contributed by atoms with Crippen LogP contribution >= 0.6 is 0 Å². The summed E-state index contributed by atoms with van der Waals surface area (Å²) in [7, 11) is 0. The van der Waals surface area contributed by atoms with Crippen LogP contribution in [0, 0.1) is 11.8 Å². The molecule has 2 atom stereocenters. The van der Waals surface area contributed by atoms with Gasteiger partial charge in [-0.25, -0.2) is 0 Å². The van der Waals surface area contributed by atoms with Gasteiger partial charge in [-0.05, 0) is 0 Å². The monoisotopic (exact) mass is 317 g/mol. The number of nitrogens with zero attached hydrogens (tertiary/aromatic N) is 1. The molecule has 0 saturated carbocycles. The topological polar surface area (TPSA) is 40.5 Å². The molecule has 4 heteroatoms. The van der Waals surface area contributed by atoms with Crippen molar-refractivity contribution in [3.63, 3.8) is 0 Å². The Morgan fingerprint density at radius 1 is 1.47 bits per heavy atom. The maximum atomic E-state index is 10.8. The first-order valence-electron chi connectivity index (χ1n) is 5.57. The van der Waals surface area contributed by atoms with E-state index in [0.717, 1.165) is 13.1 Å². The van der Waals surface area contributed by atoms with Gasteiger partial charge in [0.05, 0.1) is 0 Å². The van der Waals surface area contributed by atoms with Crippen molar-refractivity contribution < 1.29 is 9.90 Å². The Bertz CT molecular complexity index is 319. The minimum absolute atomic E-state index is 0.520. The van der Waals surface area contributed by atoms with E-state index in [1.54, 1.807) is 8.49 Å². The zero-order valence-electron chi connectivity index (χ0n) is 9.66. The van der Waals surface area contributed by atoms with Crippen molar-refractivity contribution in [1.29, 1.82) is 0 Å². The number of amides is 1. The summed E-state index contributed by atoms with van der Waals surface area (Å²) in [6, 6.07) is 0. The Labute approximate surface area is 95.0 Å². The van der Waals surface area contributed by atoms with Crippen LogP contribution in [0.3, 0.4) is 0 Å². The number of fused-ring (bicyclic) bond motifs is 1. The molecule has 1 aliphatic carbocycles. The summed E-state index contributed by atoms with van der Waals surface area (Å²) in [4.78, 5) is 19.7. The van der Waals surface area contributed by atoms with Gasteiger partial charge in [0, 0.05) is 0 Å². The summed E-state index contributed by atoms with van der Waals surface area (Å²) in [6.45, 7) is 1.48. The first-order valence-corrected chi connectivity index (χ1v) is 15.6. The van der Waals surface area contributed by atoms with Gasteiger partial charge in [-0.1, -0.05) is 0 Å². The summed E-state index contributed by atoms with van der Waals surface area (Å²) in [6.07, 6.45) is 2.83. The van der Waals surface area contributed by atoms with E-state index >= 15 is 0 Å². The van der Waals surface area contributed by atoms with Gasteiger partial charge in [0.2, 0.25) is 0 Å². The molecule has 0 radical (unpaired) electrons. The summed E-state index contributed by atoms with van der Waals surface area (Å²) < 4.78 is 1.71. The first-order chi connectivity index (χ1) is 6.88. The van der Waals surface area contributed by atoms with Crippen molar-refractivity contribution >= 4 is 24.5 Å². The van der Waals surface area contributed by atoms with Crippen molar-refractivity contribution in [3.8, 4) is 0 Å². The molecule has 1 aliphatic heterocycles. The Kier molecular flexibility index (Phi) is 2.77. The summed E-state index contributed by atoms with van der Waals surface area (Å²) in [5, 5.41) is 8.91. The normalized spacial score (nSPS) is 30.3. The first kappa shape index (κ1) is 11.3. The zero-order chi connectivity index (χ0) is 11.2. The number of carbonyl (C=O) groups is 1. The molecule has 1 fully saturated rings. The van der Waals surface area contributed by atoms with Gasteiger partial charge >= 0.3 is 95.1 Å². The van der Waals surface area contributed by atoms with Crippen LogP contribution in [0.1, 0.15) is 6.42 Å². The molecule has 2 aliphatic rings. The fourth-order valence-electron chi connectivity index (χ4n) is 2.62. The molecule has 15 heavy (non-hydrogen) atoms. The van der Waals surface area contributed by atoms with Gasteiger partial charge in [-0.15, -0.1) is 0 Å². The molecule has 0 spiro atoms. The van der Waals surface area contributed by atoms with Crippen molar-refractivity contribution in [2.24, 2.45) is 11.8 Å². The molecule has 0 aromatic heterocycles. The molecular formula is C11H19NO2Sn. The fourth-order valence-corrected chi connectivity index (χ4v) is 7.16. The molecule has 0 aromatic rings. The third-order valence-corrected chi connectivity index (χ3v) is 10.2. The Morgan fingerprint density at radius 3 is 2.60 bits per heavy atom. The summed E-state index contributed by atoms with van der Waals surface area (Å²) in [5.41, 5.74) is 0. The molecule has 1 heterocycles. The van der Waals surface area contributed by atoms with Crippen molar-refractivity contribution in [2.45, 2.75) is 21.2 Å². The molecule has 0 unspecified atom stereocenters. The van der Waals surface area contributed by atoms with Crippen LogP contribution < -0.4 is 0 Å². The van der Waals surface area contributed by atoms with Crippen molar-refractivity contribution in [3.05, 3.63) is 9.67 Å². The Morgan fingerprint density at radius 2 is 2.13 bits per heavy atom. The van der Waals surface area contributed by atoms with E-state index in [2.05, 4.69) is 20.9 Å². The van der Waals surface area contributed by atoms with Gasteiger partial charge in [-0.2, -0.15) is 0 Å². The minimum atomic E-state index is -1.86. The predicted molar refractivity (Wildman–Crippen MR) is 62.6 cm³/mol. The number of rotatable bonds is 1. The van der Waals surface area contributed by atoms with E-state index in [1.807, 2.05) is 0 Å². The third-order valence-electron chi connectivity index (χ3n) is 3.62. The average Bonchev–Trinajstić information content (AvgIpc) is 2.55. The van der Waals surface area contributed by atoms with Gasteiger partial charge in [0.1, 0.15) is 0 Å². The van der Waals surface area contributed by atoms with E-state index in [1.165, 1.54) is 6.42 Å². The van der Waals surface area contributed by atoms with Crippen LogP contribution in [-0.4, -0.2) is 47.6 Å². The van der Waals surface area contributed by atoms with Crippen LogP contribution in [-0.2, 0) is 0 Å². The maximum absolute atomic E-state index is 10.8. The van der Waals surface area contributed by atoms with Crippen molar-refractivity contribution in [2.75, 3.05) is 13.1 Å². The quantitative estimate of drug-likeness (QED) is 0.755. The molecule has 0 bridgehead atoms. The number of carboxylic acid groups (broad SMARTS) is 1. The van der Waals surface area contributed by atoms with E-state index in [0.29, 0.717) is 11.8 Å². The number of likely N-dealkylation sites (tertiary alicyclic amines) is 1. The third kappa shape index (κ3) is 2.17. The van der Waals surface area contributed by atoms with Crippen LogP contribution in [0.5, 0.6) is 0 Å². The zero-order valence-corrected chi connectivity index (χ0v) is 12.5. The molecule has 1 saturated heterocycles. The second-order valence-electron chi connectivity index (χ2n) is 5.76. The van der Waals surface area contributed by atoms with Crippen LogP contribution in [0.15, 0.2) is 9.67 Å². The summed E-state index contributed by atoms with van der Waals surface area (Å²) >= 11 is -1.86. The van der Waals surface area contributed by atoms with E-state index in [-0.39, 0.29) is 0 Å². The van der Waals surface area contributed by atoms with E-state index < -0.39 is 24.5 Å². The second kappa shape index (κ2) is 3.68. The molecule has 1 N–H and O–H groups in total. The number of allylic oxidation sites excluding steroid dienone is 1. The van der Waals surface area contributed by atoms with Gasteiger partial charge in [0.25, 0.3) is 0 Å². The second-order valence-corrected chi connectivity index (χ2v) is 20.4.